The Balaban J connectivity index is 2.73. The molecule has 1 aromatic rings. The van der Waals surface area contributed by atoms with Crippen molar-refractivity contribution in [2.75, 3.05) is 13.1 Å². The molecule has 21 heavy (non-hydrogen) atoms. The zero-order valence-electron chi connectivity index (χ0n) is 11.0. The Morgan fingerprint density at radius 2 is 2.10 bits per heavy atom. The van der Waals surface area contributed by atoms with E-state index >= 15 is 0 Å². The van der Waals surface area contributed by atoms with Gasteiger partial charge in [0.1, 0.15) is 5.02 Å². The van der Waals surface area contributed by atoms with Crippen molar-refractivity contribution < 1.29 is 18.0 Å². The highest BCUT2D eigenvalue weighted by Crippen LogP contribution is 2.29. The fourth-order valence-electron chi connectivity index (χ4n) is 1.63. The maximum absolute atomic E-state index is 12.6. The van der Waals surface area contributed by atoms with Crippen molar-refractivity contribution in [2.45, 2.75) is 25.6 Å². The van der Waals surface area contributed by atoms with Crippen molar-refractivity contribution >= 4 is 17.5 Å². The fourth-order valence-corrected chi connectivity index (χ4v) is 1.86. The number of alkyl halides is 3. The second-order valence-electron chi connectivity index (χ2n) is 4.32. The van der Waals surface area contributed by atoms with Crippen molar-refractivity contribution in [2.24, 2.45) is 5.73 Å². The van der Waals surface area contributed by atoms with Gasteiger partial charge in [0.05, 0.1) is 5.56 Å². The summed E-state index contributed by atoms with van der Waals surface area (Å²) in [4.78, 5) is 23.0. The van der Waals surface area contributed by atoms with Crippen molar-refractivity contribution in [3.8, 4) is 0 Å². The summed E-state index contributed by atoms with van der Waals surface area (Å²) < 4.78 is 38.7. The van der Waals surface area contributed by atoms with Gasteiger partial charge in [0, 0.05) is 32.3 Å². The monoisotopic (exact) mass is 325 g/mol. The average molecular weight is 326 g/mol. The summed E-state index contributed by atoms with van der Waals surface area (Å²) >= 11 is 5.51. The number of nitrogens with one attached hydrogen (secondary N) is 1. The van der Waals surface area contributed by atoms with Crippen LogP contribution in [0.4, 0.5) is 13.2 Å². The van der Waals surface area contributed by atoms with Crippen LogP contribution >= 0.6 is 11.6 Å². The minimum absolute atomic E-state index is 0.0292. The quantitative estimate of drug-likeness (QED) is 0.829. The molecule has 1 amide bonds. The molecule has 0 aromatic carbocycles. The highest BCUT2D eigenvalue weighted by molar-refractivity contribution is 6.30. The first-order chi connectivity index (χ1) is 9.75. The molecule has 0 fully saturated rings. The van der Waals surface area contributed by atoms with E-state index in [0.29, 0.717) is 25.4 Å². The number of carbonyl (C=O) groups is 1. The van der Waals surface area contributed by atoms with E-state index in [0.717, 1.165) is 4.57 Å². The van der Waals surface area contributed by atoms with Crippen LogP contribution in [0.15, 0.2) is 17.1 Å². The lowest BCUT2D eigenvalue weighted by Crippen LogP contribution is -2.29. The summed E-state index contributed by atoms with van der Waals surface area (Å²) in [7, 11) is 0. The standard InChI is InChI=1S/C12H15ClF3N3O2/c13-9-6-8(12(14,15)16)7-19(11(9)21)5-1-2-10(20)18-4-3-17/h6-7H,1-5,17H2,(H,18,20). The number of amides is 1. The highest BCUT2D eigenvalue weighted by Gasteiger charge is 2.32. The molecule has 0 aliphatic heterocycles. The third kappa shape index (κ3) is 5.39. The van der Waals surface area contributed by atoms with Crippen molar-refractivity contribution in [1.29, 1.82) is 0 Å². The van der Waals surface area contributed by atoms with Crippen LogP contribution in [0.25, 0.3) is 0 Å². The number of aromatic nitrogens is 1. The van der Waals surface area contributed by atoms with E-state index in [9.17, 15) is 22.8 Å². The minimum Gasteiger partial charge on any atom is -0.355 e. The van der Waals surface area contributed by atoms with Gasteiger partial charge in [-0.3, -0.25) is 9.59 Å². The third-order valence-corrected chi connectivity index (χ3v) is 2.91. The molecule has 0 unspecified atom stereocenters. The molecular formula is C12H15ClF3N3O2. The van der Waals surface area contributed by atoms with E-state index in [2.05, 4.69) is 5.32 Å². The van der Waals surface area contributed by atoms with Gasteiger partial charge < -0.3 is 15.6 Å². The Bertz CT molecular complexity index is 558. The van der Waals surface area contributed by atoms with Gasteiger partial charge in [-0.15, -0.1) is 0 Å². The number of aryl methyl sites for hydroxylation is 1. The van der Waals surface area contributed by atoms with Gasteiger partial charge in [-0.25, -0.2) is 0 Å². The lowest BCUT2D eigenvalue weighted by Gasteiger charge is -2.11. The first kappa shape index (κ1) is 17.5. The Hall–Kier alpha value is -1.54. The number of carbonyl (C=O) groups excluding carboxylic acids is 1. The molecule has 9 heteroatoms. The van der Waals surface area contributed by atoms with Gasteiger partial charge >= 0.3 is 6.18 Å². The molecule has 118 valence electrons. The maximum Gasteiger partial charge on any atom is 0.417 e. The summed E-state index contributed by atoms with van der Waals surface area (Å²) in [6, 6.07) is 0.592. The van der Waals surface area contributed by atoms with E-state index in [1.54, 1.807) is 0 Å². The Morgan fingerprint density at radius 1 is 1.43 bits per heavy atom. The van der Waals surface area contributed by atoms with Gasteiger partial charge in [0.15, 0.2) is 0 Å². The summed E-state index contributed by atoms with van der Waals surface area (Å²) in [5.74, 6) is -0.272. The first-order valence-electron chi connectivity index (χ1n) is 6.19. The Labute approximate surface area is 123 Å². The average Bonchev–Trinajstić information content (AvgIpc) is 2.39. The van der Waals surface area contributed by atoms with E-state index in [1.165, 1.54) is 0 Å². The molecule has 0 atom stereocenters. The lowest BCUT2D eigenvalue weighted by atomic mass is 10.2. The molecule has 0 bridgehead atoms. The van der Waals surface area contributed by atoms with Crippen LogP contribution in [0.2, 0.25) is 5.02 Å². The summed E-state index contributed by atoms with van der Waals surface area (Å²) in [5.41, 5.74) is 3.49. The summed E-state index contributed by atoms with van der Waals surface area (Å²) in [6.45, 7) is 0.598. The second-order valence-corrected chi connectivity index (χ2v) is 4.72. The Morgan fingerprint density at radius 3 is 2.67 bits per heavy atom. The molecule has 1 aromatic heterocycles. The number of nitrogens with two attached hydrogens (primary N) is 1. The van der Waals surface area contributed by atoms with Crippen molar-refractivity contribution in [3.63, 3.8) is 0 Å². The minimum atomic E-state index is -4.59. The number of hydrogen-bond donors (Lipinski definition) is 2. The zero-order valence-corrected chi connectivity index (χ0v) is 11.8. The normalized spacial score (nSPS) is 11.5. The van der Waals surface area contributed by atoms with Crippen molar-refractivity contribution in [3.05, 3.63) is 33.2 Å². The van der Waals surface area contributed by atoms with E-state index in [4.69, 9.17) is 17.3 Å². The van der Waals surface area contributed by atoms with Crippen LogP contribution in [-0.2, 0) is 17.5 Å². The number of nitrogens with zero attached hydrogens (tertiary/aromatic N) is 1. The number of pyridine rings is 1. The van der Waals surface area contributed by atoms with Gasteiger partial charge in [0.2, 0.25) is 5.91 Å². The summed E-state index contributed by atoms with van der Waals surface area (Å²) in [5, 5.41) is 2.02. The van der Waals surface area contributed by atoms with Gasteiger partial charge in [-0.1, -0.05) is 11.6 Å². The van der Waals surface area contributed by atoms with Crippen LogP contribution in [0.3, 0.4) is 0 Å². The highest BCUT2D eigenvalue weighted by atomic mass is 35.5. The third-order valence-electron chi connectivity index (χ3n) is 2.64. The molecule has 0 spiro atoms. The van der Waals surface area contributed by atoms with Gasteiger partial charge in [-0.05, 0) is 12.5 Å². The SMILES string of the molecule is NCCNC(=O)CCCn1cc(C(F)(F)F)cc(Cl)c1=O. The lowest BCUT2D eigenvalue weighted by molar-refractivity contribution is -0.138. The molecule has 1 heterocycles. The topological polar surface area (TPSA) is 77.1 Å². The smallest absolute Gasteiger partial charge is 0.355 e. The molecule has 0 aliphatic rings. The molecule has 0 saturated carbocycles. The van der Waals surface area contributed by atoms with Crippen LogP contribution in [-0.4, -0.2) is 23.6 Å². The second kappa shape index (κ2) is 7.46. The van der Waals surface area contributed by atoms with E-state index in [1.807, 2.05) is 0 Å². The molecule has 0 aliphatic carbocycles. The van der Waals surface area contributed by atoms with Gasteiger partial charge in [-0.2, -0.15) is 13.2 Å². The predicted molar refractivity (Wildman–Crippen MR) is 72.0 cm³/mol. The molecule has 3 N–H and O–H groups in total. The van der Waals surface area contributed by atoms with Crippen LogP contribution < -0.4 is 16.6 Å². The summed E-state index contributed by atoms with van der Waals surface area (Å²) in [6.07, 6.45) is -3.59. The predicted octanol–water partition coefficient (Wildman–Crippen LogP) is 1.38. The van der Waals surface area contributed by atoms with Crippen LogP contribution in [0.1, 0.15) is 18.4 Å². The maximum atomic E-state index is 12.6. The Kier molecular flexibility index (Phi) is 6.22. The number of hydrogen-bond acceptors (Lipinski definition) is 3. The van der Waals surface area contributed by atoms with Crippen molar-refractivity contribution in [1.82, 2.24) is 9.88 Å². The van der Waals surface area contributed by atoms with Gasteiger partial charge in [0.25, 0.3) is 5.56 Å². The number of halogens is 4. The molecular weight excluding hydrogens is 311 g/mol. The molecule has 0 saturated heterocycles. The number of rotatable bonds is 6. The van der Waals surface area contributed by atoms with E-state index in [-0.39, 0.29) is 25.3 Å². The fraction of sp³-hybridized carbons (Fsp3) is 0.500. The van der Waals surface area contributed by atoms with E-state index < -0.39 is 22.3 Å². The molecule has 1 rings (SSSR count). The first-order valence-corrected chi connectivity index (χ1v) is 6.57. The molecule has 5 nitrogen and oxygen atoms in total. The zero-order chi connectivity index (χ0) is 16.0. The van der Waals surface area contributed by atoms with Crippen LogP contribution in [0.5, 0.6) is 0 Å². The largest absolute Gasteiger partial charge is 0.417 e. The molecule has 0 radical (unpaired) electrons. The van der Waals surface area contributed by atoms with Crippen LogP contribution in [0, 0.1) is 0 Å².